The fourth-order valence-electron chi connectivity index (χ4n) is 2.54. The zero-order valence-corrected chi connectivity index (χ0v) is 9.95. The monoisotopic (exact) mass is 211 g/mol. The van der Waals surface area contributed by atoms with E-state index in [1.165, 1.54) is 12.8 Å². The van der Waals surface area contributed by atoms with Gasteiger partial charge in [0.15, 0.2) is 0 Å². The molecule has 0 aromatic heterocycles. The average Bonchev–Trinajstić information content (AvgIpc) is 2.33. The number of Topliss-reactive ketones (excluding diaryl/α,β-unsaturated/α-hetero) is 1. The van der Waals surface area contributed by atoms with E-state index in [-0.39, 0.29) is 5.60 Å². The van der Waals surface area contributed by atoms with Crippen molar-refractivity contribution in [2.45, 2.75) is 64.1 Å². The minimum absolute atomic E-state index is 0.0824. The number of rotatable bonds is 2. The van der Waals surface area contributed by atoms with Gasteiger partial charge in [0.05, 0.1) is 5.60 Å². The van der Waals surface area contributed by atoms with Gasteiger partial charge in [0.1, 0.15) is 12.5 Å². The number of carbonyl (C=O) groups is 1. The molecule has 86 valence electrons. The summed E-state index contributed by atoms with van der Waals surface area (Å²) in [6.45, 7) is 6.91. The first-order valence-electron chi connectivity index (χ1n) is 5.87. The highest BCUT2D eigenvalue weighted by Gasteiger charge is 2.40. The lowest BCUT2D eigenvalue weighted by Crippen LogP contribution is -2.45. The first kappa shape index (κ1) is 11.1. The summed E-state index contributed by atoms with van der Waals surface area (Å²) in [5, 5.41) is 0. The van der Waals surface area contributed by atoms with Crippen molar-refractivity contribution in [3.05, 3.63) is 0 Å². The van der Waals surface area contributed by atoms with Gasteiger partial charge in [-0.3, -0.25) is 9.69 Å². The van der Waals surface area contributed by atoms with E-state index in [4.69, 9.17) is 4.74 Å². The zero-order chi connectivity index (χ0) is 11.1. The summed E-state index contributed by atoms with van der Waals surface area (Å²) in [5.74, 6) is 0.439. The standard InChI is InChI=1S/C12H21NO2/c1-12(2,3)15-8-13-9-4-5-10(13)7-11(14)6-9/h9-10H,4-8H2,1-3H3. The van der Waals surface area contributed by atoms with E-state index < -0.39 is 0 Å². The van der Waals surface area contributed by atoms with Gasteiger partial charge in [-0.25, -0.2) is 0 Å². The SMILES string of the molecule is CC(C)(C)OCN1C2CCC1CC(=O)C2. The van der Waals surface area contributed by atoms with E-state index >= 15 is 0 Å². The van der Waals surface area contributed by atoms with Gasteiger partial charge < -0.3 is 4.74 Å². The maximum absolute atomic E-state index is 11.4. The summed E-state index contributed by atoms with van der Waals surface area (Å²) in [4.78, 5) is 13.8. The Morgan fingerprint density at radius 3 is 2.27 bits per heavy atom. The Labute approximate surface area is 91.8 Å². The number of carbonyl (C=O) groups excluding carboxylic acids is 1. The molecule has 3 nitrogen and oxygen atoms in total. The Hall–Kier alpha value is -0.410. The number of piperidine rings is 1. The molecule has 2 atom stereocenters. The molecule has 0 radical (unpaired) electrons. The summed E-state index contributed by atoms with van der Waals surface area (Å²) < 4.78 is 5.80. The van der Waals surface area contributed by atoms with Crippen molar-refractivity contribution in [3.8, 4) is 0 Å². The minimum Gasteiger partial charge on any atom is -0.360 e. The van der Waals surface area contributed by atoms with Crippen molar-refractivity contribution in [2.24, 2.45) is 0 Å². The highest BCUT2D eigenvalue weighted by molar-refractivity contribution is 5.80. The Morgan fingerprint density at radius 2 is 1.80 bits per heavy atom. The summed E-state index contributed by atoms with van der Waals surface area (Å²) in [6, 6.07) is 0.914. The summed E-state index contributed by atoms with van der Waals surface area (Å²) in [5.41, 5.74) is -0.0824. The van der Waals surface area contributed by atoms with E-state index in [1.54, 1.807) is 0 Å². The largest absolute Gasteiger partial charge is 0.360 e. The van der Waals surface area contributed by atoms with Crippen LogP contribution in [0.1, 0.15) is 46.5 Å². The van der Waals surface area contributed by atoms with Crippen LogP contribution in [0.2, 0.25) is 0 Å². The number of ketones is 1. The second kappa shape index (κ2) is 3.87. The van der Waals surface area contributed by atoms with Crippen LogP contribution in [-0.4, -0.2) is 35.1 Å². The first-order valence-corrected chi connectivity index (χ1v) is 5.87. The Morgan fingerprint density at radius 1 is 1.27 bits per heavy atom. The van der Waals surface area contributed by atoms with Gasteiger partial charge in [0, 0.05) is 24.9 Å². The smallest absolute Gasteiger partial charge is 0.136 e. The molecule has 2 saturated heterocycles. The first-order chi connectivity index (χ1) is 6.96. The van der Waals surface area contributed by atoms with Crippen molar-refractivity contribution in [2.75, 3.05) is 6.73 Å². The van der Waals surface area contributed by atoms with E-state index in [0.29, 0.717) is 24.6 Å². The lowest BCUT2D eigenvalue weighted by atomic mass is 10.0. The molecule has 2 fully saturated rings. The highest BCUT2D eigenvalue weighted by atomic mass is 16.5. The molecule has 2 aliphatic rings. The summed E-state index contributed by atoms with van der Waals surface area (Å²) >= 11 is 0. The van der Waals surface area contributed by atoms with Gasteiger partial charge in [-0.2, -0.15) is 0 Å². The van der Waals surface area contributed by atoms with Crippen LogP contribution in [-0.2, 0) is 9.53 Å². The fourth-order valence-corrected chi connectivity index (χ4v) is 2.54. The van der Waals surface area contributed by atoms with Crippen LogP contribution in [0.15, 0.2) is 0 Å². The van der Waals surface area contributed by atoms with Crippen LogP contribution in [0.4, 0.5) is 0 Å². The minimum atomic E-state index is -0.0824. The van der Waals surface area contributed by atoms with Crippen molar-refractivity contribution in [1.82, 2.24) is 4.90 Å². The van der Waals surface area contributed by atoms with Crippen LogP contribution < -0.4 is 0 Å². The van der Waals surface area contributed by atoms with Crippen LogP contribution >= 0.6 is 0 Å². The Bertz CT molecular complexity index is 241. The van der Waals surface area contributed by atoms with Crippen molar-refractivity contribution in [3.63, 3.8) is 0 Å². The van der Waals surface area contributed by atoms with Gasteiger partial charge in [-0.15, -0.1) is 0 Å². The molecule has 2 heterocycles. The van der Waals surface area contributed by atoms with Gasteiger partial charge in [-0.05, 0) is 33.6 Å². The van der Waals surface area contributed by atoms with Crippen LogP contribution in [0.3, 0.4) is 0 Å². The number of hydrogen-bond donors (Lipinski definition) is 0. The second-order valence-corrected chi connectivity index (χ2v) is 5.73. The van der Waals surface area contributed by atoms with Gasteiger partial charge in [0.2, 0.25) is 0 Å². The summed E-state index contributed by atoms with van der Waals surface area (Å²) in [7, 11) is 0. The molecular formula is C12H21NO2. The predicted molar refractivity (Wildman–Crippen MR) is 58.6 cm³/mol. The quantitative estimate of drug-likeness (QED) is 0.699. The Balaban J connectivity index is 1.91. The number of nitrogens with zero attached hydrogens (tertiary/aromatic N) is 1. The molecule has 0 amide bonds. The third-order valence-electron chi connectivity index (χ3n) is 3.34. The normalized spacial score (nSPS) is 32.3. The van der Waals surface area contributed by atoms with E-state index in [0.717, 1.165) is 12.8 Å². The van der Waals surface area contributed by atoms with Crippen LogP contribution in [0.5, 0.6) is 0 Å². The molecule has 0 N–H and O–H groups in total. The van der Waals surface area contributed by atoms with Crippen LogP contribution in [0.25, 0.3) is 0 Å². The molecule has 15 heavy (non-hydrogen) atoms. The van der Waals surface area contributed by atoms with Crippen LogP contribution in [0, 0.1) is 0 Å². The third kappa shape index (κ3) is 2.58. The predicted octanol–water partition coefficient (Wildman–Crippen LogP) is 1.95. The molecule has 2 aliphatic heterocycles. The lowest BCUT2D eigenvalue weighted by molar-refractivity contribution is -0.129. The van der Waals surface area contributed by atoms with Crippen molar-refractivity contribution in [1.29, 1.82) is 0 Å². The van der Waals surface area contributed by atoms with E-state index in [9.17, 15) is 4.79 Å². The number of hydrogen-bond acceptors (Lipinski definition) is 3. The second-order valence-electron chi connectivity index (χ2n) is 5.73. The maximum atomic E-state index is 11.4. The van der Waals surface area contributed by atoms with E-state index in [2.05, 4.69) is 25.7 Å². The molecule has 2 unspecified atom stereocenters. The number of fused-ring (bicyclic) bond motifs is 2. The zero-order valence-electron chi connectivity index (χ0n) is 9.95. The molecule has 0 aliphatic carbocycles. The maximum Gasteiger partial charge on any atom is 0.136 e. The molecule has 3 heteroatoms. The van der Waals surface area contributed by atoms with Gasteiger partial charge in [0.25, 0.3) is 0 Å². The van der Waals surface area contributed by atoms with Gasteiger partial charge in [-0.1, -0.05) is 0 Å². The molecule has 2 rings (SSSR count). The van der Waals surface area contributed by atoms with Crippen molar-refractivity contribution >= 4 is 5.78 Å². The number of ether oxygens (including phenoxy) is 1. The molecule has 0 aromatic rings. The molecule has 2 bridgehead atoms. The summed E-state index contributed by atoms with van der Waals surface area (Å²) in [6.07, 6.45) is 3.82. The molecule has 0 saturated carbocycles. The average molecular weight is 211 g/mol. The topological polar surface area (TPSA) is 29.5 Å². The van der Waals surface area contributed by atoms with Gasteiger partial charge >= 0.3 is 0 Å². The van der Waals surface area contributed by atoms with Crippen molar-refractivity contribution < 1.29 is 9.53 Å². The molecule has 0 aromatic carbocycles. The highest BCUT2D eigenvalue weighted by Crippen LogP contribution is 2.33. The molecule has 0 spiro atoms. The Kier molecular flexibility index (Phi) is 2.86. The fraction of sp³-hybridized carbons (Fsp3) is 0.917. The third-order valence-corrected chi connectivity index (χ3v) is 3.34. The lowest BCUT2D eigenvalue weighted by Gasteiger charge is -2.35. The molecular weight excluding hydrogens is 190 g/mol. The van der Waals surface area contributed by atoms with E-state index in [1.807, 2.05) is 0 Å².